The molecule has 5 heteroatoms. The number of aromatic nitrogens is 2. The minimum atomic E-state index is -1.54. The fourth-order valence-electron chi connectivity index (χ4n) is 1.72. The van der Waals surface area contributed by atoms with Crippen LogP contribution in [0.1, 0.15) is 44.3 Å². The van der Waals surface area contributed by atoms with Crippen LogP contribution in [0.5, 0.6) is 0 Å². The van der Waals surface area contributed by atoms with Crippen molar-refractivity contribution in [3.63, 3.8) is 0 Å². The van der Waals surface area contributed by atoms with Gasteiger partial charge in [-0.25, -0.2) is 4.39 Å². The average Bonchev–Trinajstić information content (AvgIpc) is 2.67. The molecular weight excluding hydrogens is 197 g/mol. The second kappa shape index (κ2) is 3.89. The molecule has 4 nitrogen and oxygen atoms in total. The monoisotopic (exact) mass is 213 g/mol. The van der Waals surface area contributed by atoms with Gasteiger partial charge in [0.1, 0.15) is 0 Å². The zero-order valence-corrected chi connectivity index (χ0v) is 9.09. The number of piperidine rings is 1. The summed E-state index contributed by atoms with van der Waals surface area (Å²) in [6.07, 6.45) is 1.98. The van der Waals surface area contributed by atoms with Gasteiger partial charge in [-0.3, -0.25) is 0 Å². The van der Waals surface area contributed by atoms with Crippen molar-refractivity contribution < 1.29 is 8.91 Å². The molecule has 2 rings (SSSR count). The number of nitrogens with zero attached hydrogens (tertiary/aromatic N) is 2. The summed E-state index contributed by atoms with van der Waals surface area (Å²) in [5.41, 5.74) is -1.54. The third kappa shape index (κ3) is 2.34. The van der Waals surface area contributed by atoms with Crippen molar-refractivity contribution in [2.24, 2.45) is 0 Å². The number of nitrogens with one attached hydrogen (secondary N) is 1. The Bertz CT molecular complexity index is 326. The summed E-state index contributed by atoms with van der Waals surface area (Å²) in [4.78, 5) is 4.12. The van der Waals surface area contributed by atoms with Gasteiger partial charge in [-0.15, -0.1) is 0 Å². The van der Waals surface area contributed by atoms with E-state index in [1.165, 1.54) is 13.8 Å². The number of halogens is 1. The largest absolute Gasteiger partial charge is 0.336 e. The van der Waals surface area contributed by atoms with Crippen LogP contribution in [-0.2, 0) is 5.67 Å². The topological polar surface area (TPSA) is 51.0 Å². The molecule has 2 heterocycles. The molecule has 0 aliphatic carbocycles. The number of rotatable bonds is 2. The van der Waals surface area contributed by atoms with E-state index in [0.29, 0.717) is 11.7 Å². The Morgan fingerprint density at radius 2 is 2.07 bits per heavy atom. The first-order valence-electron chi connectivity index (χ1n) is 5.31. The number of hydrogen-bond acceptors (Lipinski definition) is 4. The van der Waals surface area contributed by atoms with Gasteiger partial charge < -0.3 is 9.84 Å². The van der Waals surface area contributed by atoms with Crippen LogP contribution in [0.15, 0.2) is 4.52 Å². The molecule has 1 N–H and O–H groups in total. The maximum atomic E-state index is 13.5. The Morgan fingerprint density at radius 3 is 2.60 bits per heavy atom. The lowest BCUT2D eigenvalue weighted by Crippen LogP contribution is -2.27. The van der Waals surface area contributed by atoms with Gasteiger partial charge in [0.25, 0.3) is 5.89 Å². The molecular formula is C10H16FN3O. The van der Waals surface area contributed by atoms with Crippen molar-refractivity contribution in [3.8, 4) is 0 Å². The Hall–Kier alpha value is -0.970. The molecule has 0 aromatic carbocycles. The summed E-state index contributed by atoms with van der Waals surface area (Å²) in [5, 5.41) is 7.11. The van der Waals surface area contributed by atoms with Crippen molar-refractivity contribution in [1.82, 2.24) is 15.5 Å². The lowest BCUT2D eigenvalue weighted by molar-refractivity contribution is 0.155. The van der Waals surface area contributed by atoms with Crippen LogP contribution < -0.4 is 5.32 Å². The van der Waals surface area contributed by atoms with Gasteiger partial charge in [0.05, 0.1) is 0 Å². The Kier molecular flexibility index (Phi) is 2.73. The highest BCUT2D eigenvalue weighted by molar-refractivity contribution is 5.01. The fourth-order valence-corrected chi connectivity index (χ4v) is 1.72. The Balaban J connectivity index is 2.12. The molecule has 0 atom stereocenters. The van der Waals surface area contributed by atoms with Crippen molar-refractivity contribution >= 4 is 0 Å². The van der Waals surface area contributed by atoms with E-state index in [0.717, 1.165) is 25.9 Å². The van der Waals surface area contributed by atoms with E-state index in [2.05, 4.69) is 15.5 Å². The molecule has 15 heavy (non-hydrogen) atoms. The highest BCUT2D eigenvalue weighted by Gasteiger charge is 2.29. The van der Waals surface area contributed by atoms with E-state index in [1.807, 2.05) is 0 Å². The summed E-state index contributed by atoms with van der Waals surface area (Å²) < 4.78 is 18.4. The highest BCUT2D eigenvalue weighted by Crippen LogP contribution is 2.27. The molecule has 1 saturated heterocycles. The van der Waals surface area contributed by atoms with Crippen LogP contribution in [0, 0.1) is 0 Å². The van der Waals surface area contributed by atoms with Crippen LogP contribution in [0.4, 0.5) is 4.39 Å². The predicted molar refractivity (Wildman–Crippen MR) is 53.3 cm³/mol. The first-order valence-corrected chi connectivity index (χ1v) is 5.31. The number of hydrogen-bond donors (Lipinski definition) is 1. The third-order valence-corrected chi connectivity index (χ3v) is 2.65. The minimum Gasteiger partial charge on any atom is -0.336 e. The van der Waals surface area contributed by atoms with E-state index < -0.39 is 5.67 Å². The molecule has 0 unspecified atom stereocenters. The quantitative estimate of drug-likeness (QED) is 0.813. The van der Waals surface area contributed by atoms with Crippen molar-refractivity contribution in [1.29, 1.82) is 0 Å². The normalized spacial score (nSPS) is 19.4. The Labute approximate surface area is 88.2 Å². The molecule has 1 aliphatic heterocycles. The van der Waals surface area contributed by atoms with Crippen molar-refractivity contribution in [2.45, 2.75) is 38.3 Å². The van der Waals surface area contributed by atoms with Crippen LogP contribution in [-0.4, -0.2) is 23.2 Å². The summed E-state index contributed by atoms with van der Waals surface area (Å²) in [6, 6.07) is 0. The highest BCUT2D eigenvalue weighted by atomic mass is 19.1. The minimum absolute atomic E-state index is 0.0797. The zero-order valence-electron chi connectivity index (χ0n) is 9.09. The average molecular weight is 213 g/mol. The van der Waals surface area contributed by atoms with Crippen LogP contribution in [0.2, 0.25) is 0 Å². The molecule has 84 valence electrons. The van der Waals surface area contributed by atoms with E-state index in [9.17, 15) is 4.39 Å². The summed E-state index contributed by atoms with van der Waals surface area (Å²) in [5.74, 6) is 1.04. The summed E-state index contributed by atoms with van der Waals surface area (Å²) in [7, 11) is 0. The van der Waals surface area contributed by atoms with Gasteiger partial charge in [-0.2, -0.15) is 4.98 Å². The maximum Gasteiger partial charge on any atom is 0.263 e. The number of alkyl halides is 1. The molecule has 1 aromatic heterocycles. The molecule has 0 bridgehead atoms. The molecule has 0 spiro atoms. The molecule has 1 aromatic rings. The van der Waals surface area contributed by atoms with E-state index in [-0.39, 0.29) is 5.89 Å². The second-order valence-electron chi connectivity index (χ2n) is 4.45. The van der Waals surface area contributed by atoms with Crippen molar-refractivity contribution in [3.05, 3.63) is 11.7 Å². The maximum absolute atomic E-state index is 13.5. The van der Waals surface area contributed by atoms with E-state index >= 15 is 0 Å². The van der Waals surface area contributed by atoms with Crippen LogP contribution >= 0.6 is 0 Å². The summed E-state index contributed by atoms with van der Waals surface area (Å²) >= 11 is 0. The van der Waals surface area contributed by atoms with Gasteiger partial charge in [0, 0.05) is 5.92 Å². The van der Waals surface area contributed by atoms with Gasteiger partial charge in [0.2, 0.25) is 0 Å². The first-order chi connectivity index (χ1) is 7.07. The standard InChI is InChI=1S/C10H16FN3O/c1-10(2,11)9-13-8(14-15-9)7-3-5-12-6-4-7/h7,12H,3-6H2,1-2H3. The van der Waals surface area contributed by atoms with E-state index in [4.69, 9.17) is 4.52 Å². The summed E-state index contributed by atoms with van der Waals surface area (Å²) in [6.45, 7) is 4.78. The molecule has 1 aliphatic rings. The van der Waals surface area contributed by atoms with Crippen LogP contribution in [0.25, 0.3) is 0 Å². The molecule has 0 amide bonds. The first kappa shape index (κ1) is 10.5. The molecule has 0 saturated carbocycles. The van der Waals surface area contributed by atoms with Gasteiger partial charge in [0.15, 0.2) is 11.5 Å². The molecule has 0 radical (unpaired) electrons. The van der Waals surface area contributed by atoms with Gasteiger partial charge in [-0.1, -0.05) is 5.16 Å². The SMILES string of the molecule is CC(C)(F)c1nc(C2CCNCC2)no1. The molecule has 1 fully saturated rings. The smallest absolute Gasteiger partial charge is 0.263 e. The van der Waals surface area contributed by atoms with Gasteiger partial charge in [-0.05, 0) is 39.8 Å². The zero-order chi connectivity index (χ0) is 10.9. The Morgan fingerprint density at radius 1 is 1.40 bits per heavy atom. The predicted octanol–water partition coefficient (Wildman–Crippen LogP) is 1.74. The fraction of sp³-hybridized carbons (Fsp3) is 0.800. The van der Waals surface area contributed by atoms with Crippen molar-refractivity contribution in [2.75, 3.05) is 13.1 Å². The van der Waals surface area contributed by atoms with E-state index in [1.54, 1.807) is 0 Å². The third-order valence-electron chi connectivity index (χ3n) is 2.65. The lowest BCUT2D eigenvalue weighted by Gasteiger charge is -2.19. The second-order valence-corrected chi connectivity index (χ2v) is 4.45. The van der Waals surface area contributed by atoms with Gasteiger partial charge >= 0.3 is 0 Å². The van der Waals surface area contributed by atoms with Crippen LogP contribution in [0.3, 0.4) is 0 Å². The lowest BCUT2D eigenvalue weighted by atomic mass is 9.97.